The molecule has 3 aromatic rings. The Kier molecular flexibility index (Phi) is 11.5. The zero-order valence-electron chi connectivity index (χ0n) is 25.7. The number of nitrogens with two attached hydrogens (primary N) is 1. The predicted molar refractivity (Wildman–Crippen MR) is 169 cm³/mol. The lowest BCUT2D eigenvalue weighted by atomic mass is 9.80. The SMILES string of the molecule is CC(C)[C@H](c1ccc(Cl)cc1)[C@H](N)C(=O)Cc1cccc(F)c1CC[C@H]1CNC[C@H](C)N1S(=O)(=O)c1ccc(OC(F)(F)F)cc1. The first kappa shape index (κ1) is 35.8. The molecule has 7 nitrogen and oxygen atoms in total. The number of Topliss-reactive ketones (excluding diaryl/α,β-unsaturated/α-hetero) is 1. The van der Waals surface area contributed by atoms with E-state index >= 15 is 4.39 Å². The third kappa shape index (κ3) is 8.65. The van der Waals surface area contributed by atoms with Gasteiger partial charge in [-0.15, -0.1) is 13.2 Å². The zero-order valence-corrected chi connectivity index (χ0v) is 27.3. The van der Waals surface area contributed by atoms with Crippen molar-refractivity contribution in [2.75, 3.05) is 13.1 Å². The summed E-state index contributed by atoms with van der Waals surface area (Å²) in [4.78, 5) is 13.3. The van der Waals surface area contributed by atoms with Crippen LogP contribution in [-0.2, 0) is 27.7 Å². The summed E-state index contributed by atoms with van der Waals surface area (Å²) in [7, 11) is -4.14. The van der Waals surface area contributed by atoms with Crippen LogP contribution >= 0.6 is 11.6 Å². The molecular weight excluding hydrogens is 646 g/mol. The summed E-state index contributed by atoms with van der Waals surface area (Å²) < 4.78 is 85.7. The molecule has 0 saturated carbocycles. The maximum absolute atomic E-state index is 15.3. The third-order valence-corrected chi connectivity index (χ3v) is 10.6. The summed E-state index contributed by atoms with van der Waals surface area (Å²) in [5, 5.41) is 3.77. The largest absolute Gasteiger partial charge is 0.573 e. The number of hydrogen-bond acceptors (Lipinski definition) is 6. The normalized spacial score (nSPS) is 19.2. The maximum atomic E-state index is 15.3. The molecule has 0 aliphatic carbocycles. The van der Waals surface area contributed by atoms with Crippen LogP contribution in [-0.4, -0.2) is 56.1 Å². The van der Waals surface area contributed by atoms with Gasteiger partial charge in [-0.1, -0.05) is 49.7 Å². The van der Waals surface area contributed by atoms with Gasteiger partial charge in [0.05, 0.1) is 10.9 Å². The molecule has 0 radical (unpaired) electrons. The van der Waals surface area contributed by atoms with Crippen LogP contribution in [0.5, 0.6) is 5.75 Å². The molecule has 13 heteroatoms. The van der Waals surface area contributed by atoms with Gasteiger partial charge in [0, 0.05) is 42.5 Å². The number of halogens is 5. The molecule has 0 spiro atoms. The molecule has 4 rings (SSSR count). The number of nitrogens with one attached hydrogen (secondary N) is 1. The van der Waals surface area contributed by atoms with E-state index in [1.807, 2.05) is 26.0 Å². The van der Waals surface area contributed by atoms with Crippen molar-refractivity contribution in [3.63, 3.8) is 0 Å². The van der Waals surface area contributed by atoms with Crippen molar-refractivity contribution in [1.29, 1.82) is 0 Å². The van der Waals surface area contributed by atoms with Crippen molar-refractivity contribution >= 4 is 27.4 Å². The van der Waals surface area contributed by atoms with E-state index in [9.17, 15) is 26.4 Å². The summed E-state index contributed by atoms with van der Waals surface area (Å²) >= 11 is 6.05. The van der Waals surface area contributed by atoms with E-state index in [0.29, 0.717) is 22.7 Å². The van der Waals surface area contributed by atoms with Crippen LogP contribution < -0.4 is 15.8 Å². The number of rotatable bonds is 12. The fraction of sp³-hybridized carbons (Fsp3) is 0.424. The fourth-order valence-electron chi connectivity index (χ4n) is 6.15. The minimum atomic E-state index is -4.91. The van der Waals surface area contributed by atoms with Gasteiger partial charge in [-0.3, -0.25) is 4.79 Å². The van der Waals surface area contributed by atoms with Gasteiger partial charge in [0.25, 0.3) is 0 Å². The molecule has 0 bridgehead atoms. The summed E-state index contributed by atoms with van der Waals surface area (Å²) in [5.74, 6) is -1.55. The summed E-state index contributed by atoms with van der Waals surface area (Å²) in [5.41, 5.74) is 8.17. The van der Waals surface area contributed by atoms with E-state index in [0.717, 1.165) is 29.8 Å². The van der Waals surface area contributed by atoms with Gasteiger partial charge in [-0.05, 0) is 84.8 Å². The monoisotopic (exact) mass is 683 g/mol. The number of piperazine rings is 1. The number of hydrogen-bond donors (Lipinski definition) is 2. The lowest BCUT2D eigenvalue weighted by Crippen LogP contribution is -2.58. The fourth-order valence-corrected chi connectivity index (χ4v) is 8.12. The minimum Gasteiger partial charge on any atom is -0.406 e. The van der Waals surface area contributed by atoms with Crippen LogP contribution in [0, 0.1) is 11.7 Å². The number of ether oxygens (including phenoxy) is 1. The Morgan fingerprint density at radius 2 is 1.72 bits per heavy atom. The smallest absolute Gasteiger partial charge is 0.406 e. The number of carbonyl (C=O) groups is 1. The minimum absolute atomic E-state index is 0.0363. The van der Waals surface area contributed by atoms with Crippen molar-refractivity contribution in [2.24, 2.45) is 11.7 Å². The average molecular weight is 684 g/mol. The molecule has 1 aliphatic heterocycles. The molecule has 4 atom stereocenters. The standard InChI is InChI=1S/C33H38ClF4N3O4S/c1-20(2)31(22-7-9-24(34)10-8-22)32(39)30(42)17-23-5-4-6-29(35)28(23)16-11-25-19-40-18-21(3)41(25)46(43,44)27-14-12-26(13-15-27)45-33(36,37)38/h4-10,12-15,20-21,25,31-32,40H,11,16-19,39H2,1-3H3/t21-,25-,31+,32+/m0/s1. The number of ketones is 1. The molecule has 1 heterocycles. The van der Waals surface area contributed by atoms with Crippen LogP contribution in [0.15, 0.2) is 71.6 Å². The highest BCUT2D eigenvalue weighted by molar-refractivity contribution is 7.89. The second kappa shape index (κ2) is 14.8. The van der Waals surface area contributed by atoms with E-state index in [-0.39, 0.29) is 48.3 Å². The molecule has 0 aromatic heterocycles. The first-order chi connectivity index (χ1) is 21.6. The van der Waals surface area contributed by atoms with Crippen LogP contribution in [0.3, 0.4) is 0 Å². The Labute approximate surface area is 272 Å². The first-order valence-electron chi connectivity index (χ1n) is 15.0. The van der Waals surface area contributed by atoms with Gasteiger partial charge in [-0.2, -0.15) is 4.31 Å². The number of sulfonamides is 1. The van der Waals surface area contributed by atoms with E-state index in [2.05, 4.69) is 10.1 Å². The van der Waals surface area contributed by atoms with Crippen LogP contribution in [0.25, 0.3) is 0 Å². The van der Waals surface area contributed by atoms with Gasteiger partial charge in [0.2, 0.25) is 10.0 Å². The number of alkyl halides is 3. The molecule has 1 saturated heterocycles. The van der Waals surface area contributed by atoms with Crippen molar-refractivity contribution in [1.82, 2.24) is 9.62 Å². The van der Waals surface area contributed by atoms with Gasteiger partial charge >= 0.3 is 6.36 Å². The Bertz CT molecular complexity index is 1600. The second-order valence-electron chi connectivity index (χ2n) is 11.9. The summed E-state index contributed by atoms with van der Waals surface area (Å²) in [6.45, 7) is 6.31. The van der Waals surface area contributed by atoms with E-state index < -0.39 is 46.1 Å². The average Bonchev–Trinajstić information content (AvgIpc) is 2.97. The van der Waals surface area contributed by atoms with Gasteiger partial charge in [0.1, 0.15) is 11.6 Å². The van der Waals surface area contributed by atoms with Gasteiger partial charge < -0.3 is 15.8 Å². The molecule has 250 valence electrons. The lowest BCUT2D eigenvalue weighted by molar-refractivity contribution is -0.274. The summed E-state index contributed by atoms with van der Waals surface area (Å²) in [6.07, 6.45) is -4.65. The van der Waals surface area contributed by atoms with Crippen LogP contribution in [0.2, 0.25) is 5.02 Å². The molecule has 3 aromatic carbocycles. The van der Waals surface area contributed by atoms with Gasteiger partial charge in [-0.25, -0.2) is 12.8 Å². The molecule has 1 aliphatic rings. The number of nitrogens with zero attached hydrogens (tertiary/aromatic N) is 1. The van der Waals surface area contributed by atoms with E-state index in [1.165, 1.54) is 16.4 Å². The lowest BCUT2D eigenvalue weighted by Gasteiger charge is -2.40. The maximum Gasteiger partial charge on any atom is 0.573 e. The second-order valence-corrected chi connectivity index (χ2v) is 14.2. The molecule has 1 fully saturated rings. The molecular formula is C33H38ClF4N3O4S. The zero-order chi connectivity index (χ0) is 33.8. The topological polar surface area (TPSA) is 102 Å². The highest BCUT2D eigenvalue weighted by atomic mass is 35.5. The first-order valence-corrected chi connectivity index (χ1v) is 16.8. The highest BCUT2D eigenvalue weighted by Gasteiger charge is 2.38. The molecule has 0 amide bonds. The Morgan fingerprint density at radius 3 is 2.33 bits per heavy atom. The number of carbonyl (C=O) groups excluding carboxylic acids is 1. The van der Waals surface area contributed by atoms with E-state index in [4.69, 9.17) is 17.3 Å². The van der Waals surface area contributed by atoms with E-state index in [1.54, 1.807) is 25.1 Å². The molecule has 46 heavy (non-hydrogen) atoms. The number of benzene rings is 3. The van der Waals surface area contributed by atoms with Crippen molar-refractivity contribution in [3.8, 4) is 5.75 Å². The Balaban J connectivity index is 1.53. The van der Waals surface area contributed by atoms with Crippen molar-refractivity contribution < 1.29 is 35.5 Å². The molecule has 3 N–H and O–H groups in total. The summed E-state index contributed by atoms with van der Waals surface area (Å²) in [6, 6.07) is 13.8. The van der Waals surface area contributed by atoms with Crippen LogP contribution in [0.4, 0.5) is 17.6 Å². The predicted octanol–water partition coefficient (Wildman–Crippen LogP) is 6.24. The van der Waals surface area contributed by atoms with Crippen molar-refractivity contribution in [2.45, 2.75) is 75.3 Å². The molecule has 0 unspecified atom stereocenters. The Morgan fingerprint density at radius 1 is 1.07 bits per heavy atom. The van der Waals surface area contributed by atoms with Gasteiger partial charge in [0.15, 0.2) is 5.78 Å². The Hall–Kier alpha value is -3.03. The highest BCUT2D eigenvalue weighted by Crippen LogP contribution is 2.31. The quantitative estimate of drug-likeness (QED) is 0.219. The third-order valence-electron chi connectivity index (χ3n) is 8.29. The van der Waals surface area contributed by atoms with Crippen molar-refractivity contribution in [3.05, 3.63) is 94.3 Å². The van der Waals surface area contributed by atoms with Crippen LogP contribution in [0.1, 0.15) is 49.8 Å².